The standard InChI is InChI=1S/C22H31NO4.C18H26O4/c1-21(2,3)19-18(27-14-22(19,4)5)15-7-8-16(17(13-15)25-6)20(24)23-9-11-26-12-10-23;1-17(2,3)16-15(21-11-18(16,4)5)12-7-8-13(10-22-19)14(9-12)20-6/h7-8,13H,9-12,14H2,1-6H3;7-9,19H,10-11H2,1-6H3. The molecule has 1 N–H and O–H groups in total. The molecule has 5 rings (SSSR count). The average Bonchev–Trinajstić information content (AvgIpc) is 3.56. The predicted octanol–water partition coefficient (Wildman–Crippen LogP) is 8.48. The van der Waals surface area contributed by atoms with E-state index in [4.69, 9.17) is 28.9 Å². The molecule has 9 nitrogen and oxygen atoms in total. The number of rotatable bonds is 7. The van der Waals surface area contributed by atoms with Crippen molar-refractivity contribution >= 4 is 17.4 Å². The maximum absolute atomic E-state index is 12.9. The fourth-order valence-corrected chi connectivity index (χ4v) is 7.60. The summed E-state index contributed by atoms with van der Waals surface area (Å²) in [5, 5.41) is 8.65. The summed E-state index contributed by atoms with van der Waals surface area (Å²) >= 11 is 0. The summed E-state index contributed by atoms with van der Waals surface area (Å²) in [7, 11) is 3.21. The van der Waals surface area contributed by atoms with Crippen molar-refractivity contribution in [1.82, 2.24) is 4.90 Å². The maximum atomic E-state index is 12.9. The van der Waals surface area contributed by atoms with Gasteiger partial charge in [0.1, 0.15) is 29.6 Å². The fourth-order valence-electron chi connectivity index (χ4n) is 7.60. The van der Waals surface area contributed by atoms with Gasteiger partial charge < -0.3 is 28.6 Å². The first-order valence-corrected chi connectivity index (χ1v) is 17.1. The average molecular weight is 680 g/mol. The van der Waals surface area contributed by atoms with E-state index < -0.39 is 0 Å². The second-order valence-corrected chi connectivity index (χ2v) is 16.4. The van der Waals surface area contributed by atoms with Gasteiger partial charge in [-0.25, -0.2) is 4.89 Å². The molecule has 270 valence electrons. The van der Waals surface area contributed by atoms with E-state index in [9.17, 15) is 4.79 Å². The van der Waals surface area contributed by atoms with E-state index in [-0.39, 0.29) is 34.2 Å². The minimum atomic E-state index is -0.0247. The number of ether oxygens (including phenoxy) is 5. The van der Waals surface area contributed by atoms with Crippen molar-refractivity contribution in [3.63, 3.8) is 0 Å². The zero-order valence-corrected chi connectivity index (χ0v) is 31.7. The van der Waals surface area contributed by atoms with Crippen LogP contribution in [0.15, 0.2) is 47.5 Å². The Kier molecular flexibility index (Phi) is 11.5. The third-order valence-corrected chi connectivity index (χ3v) is 9.22. The molecule has 0 radical (unpaired) electrons. The first-order chi connectivity index (χ1) is 22.9. The number of methoxy groups -OCH3 is 2. The van der Waals surface area contributed by atoms with E-state index in [1.165, 1.54) is 11.1 Å². The van der Waals surface area contributed by atoms with E-state index in [0.29, 0.717) is 56.6 Å². The van der Waals surface area contributed by atoms with Gasteiger partial charge in [-0.3, -0.25) is 10.1 Å². The SMILES string of the molecule is COc1cc(C2=C(C(C)(C)C)C(C)(C)CO2)ccc1C(=O)N1CCOCC1.COc1cc(C2=C(C(C)(C)C)C(C)(C)CO2)ccc1COO. The van der Waals surface area contributed by atoms with E-state index >= 15 is 0 Å². The summed E-state index contributed by atoms with van der Waals surface area (Å²) < 4.78 is 28.5. The summed E-state index contributed by atoms with van der Waals surface area (Å²) in [6.45, 7) is 26.0. The highest BCUT2D eigenvalue weighted by Gasteiger charge is 2.42. The number of hydrogen-bond donors (Lipinski definition) is 1. The summed E-state index contributed by atoms with van der Waals surface area (Å²) in [5.41, 5.74) is 5.94. The van der Waals surface area contributed by atoms with Gasteiger partial charge in [0.15, 0.2) is 0 Å². The molecule has 0 atom stereocenters. The lowest BCUT2D eigenvalue weighted by molar-refractivity contribution is -0.253. The second-order valence-electron chi connectivity index (χ2n) is 16.4. The van der Waals surface area contributed by atoms with Crippen LogP contribution in [0.4, 0.5) is 0 Å². The molecule has 0 unspecified atom stereocenters. The van der Waals surface area contributed by atoms with Crippen LogP contribution in [0.1, 0.15) is 96.3 Å². The van der Waals surface area contributed by atoms with Gasteiger partial charge in [0.05, 0.1) is 46.2 Å². The monoisotopic (exact) mass is 679 g/mol. The first-order valence-electron chi connectivity index (χ1n) is 17.1. The van der Waals surface area contributed by atoms with Crippen LogP contribution in [0, 0.1) is 21.7 Å². The zero-order valence-electron chi connectivity index (χ0n) is 31.7. The minimum Gasteiger partial charge on any atom is -0.496 e. The molecule has 3 aliphatic rings. The summed E-state index contributed by atoms with van der Waals surface area (Å²) in [6, 6.07) is 11.6. The van der Waals surface area contributed by atoms with E-state index in [1.807, 2.05) is 41.3 Å². The maximum Gasteiger partial charge on any atom is 0.257 e. The number of amides is 1. The van der Waals surface area contributed by atoms with Crippen LogP contribution in [0.5, 0.6) is 11.5 Å². The van der Waals surface area contributed by atoms with Crippen LogP contribution in [0.25, 0.3) is 11.5 Å². The van der Waals surface area contributed by atoms with Gasteiger partial charge in [0, 0.05) is 40.6 Å². The molecule has 0 bridgehead atoms. The molecule has 0 saturated carbocycles. The molecule has 0 aromatic heterocycles. The Morgan fingerprint density at radius 1 is 0.776 bits per heavy atom. The molecule has 3 heterocycles. The van der Waals surface area contributed by atoms with Crippen LogP contribution in [-0.4, -0.2) is 69.8 Å². The number of carbonyl (C=O) groups excluding carboxylic acids is 1. The van der Waals surface area contributed by atoms with Crippen molar-refractivity contribution < 1.29 is 38.6 Å². The molecule has 0 spiro atoms. The Hall–Kier alpha value is -3.53. The molecule has 2 aromatic rings. The van der Waals surface area contributed by atoms with Gasteiger partial charge in [0.25, 0.3) is 5.91 Å². The van der Waals surface area contributed by atoms with Crippen LogP contribution in [0.3, 0.4) is 0 Å². The van der Waals surface area contributed by atoms with Crippen molar-refractivity contribution in [2.45, 2.75) is 75.8 Å². The summed E-state index contributed by atoms with van der Waals surface area (Å²) in [4.78, 5) is 18.9. The van der Waals surface area contributed by atoms with E-state index in [1.54, 1.807) is 14.2 Å². The smallest absolute Gasteiger partial charge is 0.257 e. The Morgan fingerprint density at radius 3 is 1.69 bits per heavy atom. The highest BCUT2D eigenvalue weighted by molar-refractivity contribution is 5.97. The molecular formula is C40H57NO8. The Morgan fingerprint density at radius 2 is 1.24 bits per heavy atom. The normalized spacial score (nSPS) is 18.8. The van der Waals surface area contributed by atoms with Gasteiger partial charge in [-0.05, 0) is 40.2 Å². The molecule has 49 heavy (non-hydrogen) atoms. The third kappa shape index (κ3) is 8.44. The molecule has 1 saturated heterocycles. The zero-order chi connectivity index (χ0) is 36.4. The summed E-state index contributed by atoms with van der Waals surface area (Å²) in [6.07, 6.45) is 0. The number of morpholine rings is 1. The Labute approximate surface area is 293 Å². The molecular weight excluding hydrogens is 622 g/mol. The van der Waals surface area contributed by atoms with Gasteiger partial charge in [-0.15, -0.1) is 0 Å². The minimum absolute atomic E-state index is 0.00764. The van der Waals surface area contributed by atoms with Crippen molar-refractivity contribution in [2.75, 3.05) is 53.7 Å². The van der Waals surface area contributed by atoms with Crippen molar-refractivity contribution in [3.8, 4) is 11.5 Å². The molecule has 0 aliphatic carbocycles. The fraction of sp³-hybridized carbons (Fsp3) is 0.575. The molecule has 1 fully saturated rings. The van der Waals surface area contributed by atoms with Crippen LogP contribution in [0.2, 0.25) is 0 Å². The van der Waals surface area contributed by atoms with Crippen molar-refractivity contribution in [3.05, 3.63) is 69.8 Å². The Balaban J connectivity index is 0.000000226. The molecule has 2 aromatic carbocycles. The quantitative estimate of drug-likeness (QED) is 0.230. The van der Waals surface area contributed by atoms with Gasteiger partial charge in [0.2, 0.25) is 0 Å². The summed E-state index contributed by atoms with van der Waals surface area (Å²) in [5.74, 6) is 3.10. The van der Waals surface area contributed by atoms with Crippen LogP contribution < -0.4 is 9.47 Å². The lowest BCUT2D eigenvalue weighted by Gasteiger charge is -2.31. The van der Waals surface area contributed by atoms with Gasteiger partial charge in [-0.2, -0.15) is 0 Å². The van der Waals surface area contributed by atoms with Crippen LogP contribution in [-0.2, 0) is 25.7 Å². The third-order valence-electron chi connectivity index (χ3n) is 9.22. The number of nitrogens with zero attached hydrogens (tertiary/aromatic N) is 1. The molecule has 9 heteroatoms. The molecule has 1 amide bonds. The largest absolute Gasteiger partial charge is 0.496 e. The van der Waals surface area contributed by atoms with Crippen molar-refractivity contribution in [2.24, 2.45) is 21.7 Å². The van der Waals surface area contributed by atoms with E-state index in [0.717, 1.165) is 28.2 Å². The number of carbonyl (C=O) groups is 1. The lowest BCUT2D eigenvalue weighted by atomic mass is 9.71. The van der Waals surface area contributed by atoms with Crippen molar-refractivity contribution in [1.29, 1.82) is 0 Å². The highest BCUT2D eigenvalue weighted by Crippen LogP contribution is 2.51. The van der Waals surface area contributed by atoms with Gasteiger partial charge >= 0.3 is 0 Å². The van der Waals surface area contributed by atoms with Crippen LogP contribution >= 0.6 is 0 Å². The lowest BCUT2D eigenvalue weighted by Crippen LogP contribution is -2.40. The topological polar surface area (TPSA) is 95.9 Å². The second kappa shape index (κ2) is 14.8. The van der Waals surface area contributed by atoms with E-state index in [2.05, 4.69) is 74.1 Å². The first kappa shape index (κ1) is 38.3. The Bertz CT molecular complexity index is 1570. The molecule has 3 aliphatic heterocycles. The predicted molar refractivity (Wildman–Crippen MR) is 192 cm³/mol. The highest BCUT2D eigenvalue weighted by atomic mass is 17.1. The number of benzene rings is 2. The number of hydrogen-bond acceptors (Lipinski definition) is 8. The van der Waals surface area contributed by atoms with Gasteiger partial charge in [-0.1, -0.05) is 87.4 Å².